The van der Waals surface area contributed by atoms with Crippen LogP contribution in [0.5, 0.6) is 0 Å². The van der Waals surface area contributed by atoms with Gasteiger partial charge in [-0.2, -0.15) is 0 Å². The Morgan fingerprint density at radius 2 is 1.82 bits per heavy atom. The Hall–Kier alpha value is -5.60. The Morgan fingerprint density at radius 1 is 1.04 bits per heavy atom. The molecule has 0 aliphatic carbocycles. The van der Waals surface area contributed by atoms with Gasteiger partial charge in [0.15, 0.2) is 0 Å². The number of aromatic nitrogens is 1. The molecule has 11 nitrogen and oxygen atoms in total. The minimum atomic E-state index is -4.06. The summed E-state index contributed by atoms with van der Waals surface area (Å²) in [7, 11) is -4.06. The van der Waals surface area contributed by atoms with E-state index in [0.29, 0.717) is 16.3 Å². The number of H-pyrrole nitrogens is 1. The number of aromatic amines is 1. The number of rotatable bonds is 9. The molecule has 1 aliphatic heterocycles. The van der Waals surface area contributed by atoms with Crippen molar-refractivity contribution in [2.24, 2.45) is 0 Å². The number of likely N-dealkylation sites (tertiary alicyclic amines) is 1. The van der Waals surface area contributed by atoms with Crippen LogP contribution in [-0.4, -0.2) is 73.5 Å². The van der Waals surface area contributed by atoms with Crippen molar-refractivity contribution in [1.82, 2.24) is 9.88 Å². The number of benzene rings is 4. The average molecular weight is 716 g/mol. The van der Waals surface area contributed by atoms with E-state index in [4.69, 9.17) is 9.15 Å². The van der Waals surface area contributed by atoms with Crippen LogP contribution in [0.2, 0.25) is 0 Å². The fraction of sp³-hybridized carbons (Fsp3) is 0.216. The van der Waals surface area contributed by atoms with E-state index in [0.717, 1.165) is 22.2 Å². The number of carbonyl (C=O) groups excluding carboxylic acids is 2. The third kappa shape index (κ3) is 6.43. The number of halogens is 2. The minimum Gasteiger partial charge on any atom is -0.459 e. The van der Waals surface area contributed by atoms with Crippen LogP contribution >= 0.6 is 0 Å². The number of alkyl halides is 1. The molecule has 1 saturated heterocycles. The molecule has 262 valence electrons. The molecule has 6 aromatic rings. The number of pyridine rings is 1. The normalized spacial score (nSPS) is 16.3. The number of anilines is 1. The van der Waals surface area contributed by atoms with Gasteiger partial charge in [-0.15, -0.1) is 0 Å². The summed E-state index contributed by atoms with van der Waals surface area (Å²) in [6.45, 7) is -1.68. The molecule has 2 atom stereocenters. The lowest BCUT2D eigenvalue weighted by Crippen LogP contribution is -2.41. The molecule has 14 heteroatoms. The molecule has 0 radical (unpaired) electrons. The van der Waals surface area contributed by atoms with Gasteiger partial charge in [0.25, 0.3) is 11.5 Å². The molecule has 4 aromatic carbocycles. The number of β-amino-alcohol motifs (C(OH)–C–C–N with tert-alkyl or cyclic N) is 1. The van der Waals surface area contributed by atoms with Crippen molar-refractivity contribution in [3.63, 3.8) is 0 Å². The maximum atomic E-state index is 14.0. The summed E-state index contributed by atoms with van der Waals surface area (Å²) >= 11 is 0. The van der Waals surface area contributed by atoms with Gasteiger partial charge in [-0.1, -0.05) is 42.5 Å². The summed E-state index contributed by atoms with van der Waals surface area (Å²) < 4.78 is 66.3. The highest BCUT2D eigenvalue weighted by Crippen LogP contribution is 2.41. The maximum absolute atomic E-state index is 14.0. The zero-order valence-electron chi connectivity index (χ0n) is 27.1. The fourth-order valence-corrected chi connectivity index (χ4v) is 7.51. The largest absolute Gasteiger partial charge is 0.459 e. The van der Waals surface area contributed by atoms with E-state index in [1.165, 1.54) is 41.3 Å². The van der Waals surface area contributed by atoms with E-state index in [9.17, 15) is 36.7 Å². The number of amides is 1. The topological polar surface area (TPSA) is 150 Å². The smallest absolute Gasteiger partial charge is 0.329 e. The van der Waals surface area contributed by atoms with Gasteiger partial charge < -0.3 is 24.1 Å². The van der Waals surface area contributed by atoms with E-state index in [1.807, 2.05) is 6.07 Å². The first-order chi connectivity index (χ1) is 24.4. The highest BCUT2D eigenvalue weighted by molar-refractivity contribution is 7.92. The van der Waals surface area contributed by atoms with E-state index < -0.39 is 58.6 Å². The molecule has 1 aliphatic rings. The quantitative estimate of drug-likeness (QED) is 0.192. The number of sulfonamides is 1. The van der Waals surface area contributed by atoms with Crippen LogP contribution in [0.25, 0.3) is 44.0 Å². The van der Waals surface area contributed by atoms with Crippen molar-refractivity contribution in [3.8, 4) is 11.1 Å². The summed E-state index contributed by atoms with van der Waals surface area (Å²) in [6.07, 6.45) is -0.0578. The third-order valence-electron chi connectivity index (χ3n) is 8.92. The van der Waals surface area contributed by atoms with E-state index in [2.05, 4.69) is 4.98 Å². The van der Waals surface area contributed by atoms with Gasteiger partial charge >= 0.3 is 5.97 Å². The van der Waals surface area contributed by atoms with Crippen molar-refractivity contribution in [3.05, 3.63) is 112 Å². The highest BCUT2D eigenvalue weighted by Gasteiger charge is 2.40. The van der Waals surface area contributed by atoms with Crippen LogP contribution in [0.15, 0.2) is 94.1 Å². The monoisotopic (exact) mass is 715 g/mol. The lowest BCUT2D eigenvalue weighted by Gasteiger charge is -2.25. The van der Waals surface area contributed by atoms with Crippen LogP contribution in [0.4, 0.5) is 14.5 Å². The number of hydrogen-bond acceptors (Lipinski definition) is 8. The van der Waals surface area contributed by atoms with Crippen molar-refractivity contribution >= 4 is 60.4 Å². The number of furan rings is 1. The molecular formula is C37H31F2N3O8S. The molecule has 2 N–H and O–H groups in total. The number of carbonyl (C=O) groups is 2. The third-order valence-corrected chi connectivity index (χ3v) is 10.1. The second-order valence-electron chi connectivity index (χ2n) is 12.4. The van der Waals surface area contributed by atoms with Gasteiger partial charge in [0.1, 0.15) is 36.3 Å². The predicted octanol–water partition coefficient (Wildman–Crippen LogP) is 5.29. The van der Waals surface area contributed by atoms with Gasteiger partial charge in [0, 0.05) is 40.9 Å². The standard InChI is InChI=1S/C37H31F2N3O8S/c1-51(47,48)42(13-12-38)30-18-32-28(33-34(50-32)26-11-10-24(39)15-29(26)40-35(33)44)17-27(30)22-8-5-9-23(14-22)36(45)41-19-25(43)16-31(41)37(46)49-20-21-6-3-2-4-7-21/h2-11,14-15,17-18,25,31,43H,12-13,16,19-20H2,1H3,(H,40,44)/t25?,31-/m0/s1. The minimum absolute atomic E-state index is 0.0109. The summed E-state index contributed by atoms with van der Waals surface area (Å²) in [4.78, 5) is 44.3. The number of ether oxygens (including phenoxy) is 1. The summed E-state index contributed by atoms with van der Waals surface area (Å²) in [5.74, 6) is -1.82. The van der Waals surface area contributed by atoms with Gasteiger partial charge in [-0.25, -0.2) is 22.0 Å². The number of hydrogen-bond donors (Lipinski definition) is 2. The van der Waals surface area contributed by atoms with Crippen LogP contribution in [0.3, 0.4) is 0 Å². The molecule has 2 aromatic heterocycles. The van der Waals surface area contributed by atoms with E-state index in [-0.39, 0.29) is 58.5 Å². The van der Waals surface area contributed by atoms with Crippen LogP contribution in [-0.2, 0) is 26.2 Å². The molecule has 0 spiro atoms. The Labute approximate surface area is 289 Å². The zero-order valence-corrected chi connectivity index (χ0v) is 28.0. The number of nitrogens with one attached hydrogen (secondary N) is 1. The lowest BCUT2D eigenvalue weighted by molar-refractivity contribution is -0.149. The van der Waals surface area contributed by atoms with Crippen LogP contribution < -0.4 is 9.86 Å². The van der Waals surface area contributed by atoms with Crippen molar-refractivity contribution in [2.75, 3.05) is 30.3 Å². The van der Waals surface area contributed by atoms with E-state index in [1.54, 1.807) is 36.4 Å². The van der Waals surface area contributed by atoms with Gasteiger partial charge in [-0.05, 0) is 47.5 Å². The summed E-state index contributed by atoms with van der Waals surface area (Å²) in [6, 6.07) is 20.9. The molecule has 51 heavy (non-hydrogen) atoms. The molecule has 0 saturated carbocycles. The SMILES string of the molecule is CS(=O)(=O)N(CCF)c1cc2oc3c4ccc(F)cc4[nH]c(=O)c3c2cc1-c1cccc(C(=O)N2CC(O)C[C@H]2C(=O)OCc2ccccc2)c1. The molecule has 0 bridgehead atoms. The number of aliphatic hydroxyl groups excluding tert-OH is 1. The molecule has 3 heterocycles. The van der Waals surface area contributed by atoms with Crippen molar-refractivity contribution in [1.29, 1.82) is 0 Å². The number of aliphatic hydroxyl groups is 1. The molecule has 7 rings (SSSR count). The first-order valence-corrected chi connectivity index (χ1v) is 17.8. The summed E-state index contributed by atoms with van der Waals surface area (Å²) in [5.41, 5.74) is 1.35. The molecule has 1 fully saturated rings. The van der Waals surface area contributed by atoms with Gasteiger partial charge in [0.05, 0.1) is 35.5 Å². The van der Waals surface area contributed by atoms with Crippen LogP contribution in [0.1, 0.15) is 22.3 Å². The number of fused-ring (bicyclic) bond motifs is 5. The van der Waals surface area contributed by atoms with E-state index >= 15 is 0 Å². The first kappa shape index (κ1) is 33.9. The zero-order chi connectivity index (χ0) is 36.0. The number of esters is 1. The number of nitrogens with zero attached hydrogens (tertiary/aromatic N) is 2. The van der Waals surface area contributed by atoms with Crippen molar-refractivity contribution in [2.45, 2.75) is 25.2 Å². The second-order valence-corrected chi connectivity index (χ2v) is 14.3. The van der Waals surface area contributed by atoms with Gasteiger partial charge in [0.2, 0.25) is 10.0 Å². The summed E-state index contributed by atoms with van der Waals surface area (Å²) in [5, 5.41) is 11.3. The lowest BCUT2D eigenvalue weighted by atomic mass is 9.98. The Morgan fingerprint density at radius 3 is 2.57 bits per heavy atom. The maximum Gasteiger partial charge on any atom is 0.329 e. The first-order valence-electron chi connectivity index (χ1n) is 16.0. The fourth-order valence-electron chi connectivity index (χ4n) is 6.60. The van der Waals surface area contributed by atoms with Gasteiger partial charge in [-0.3, -0.25) is 13.9 Å². The van der Waals surface area contributed by atoms with Crippen LogP contribution in [0, 0.1) is 5.82 Å². The van der Waals surface area contributed by atoms with Crippen molar-refractivity contribution < 1.29 is 41.0 Å². The predicted molar refractivity (Wildman–Crippen MR) is 187 cm³/mol. The highest BCUT2D eigenvalue weighted by atomic mass is 32.2. The average Bonchev–Trinajstić information content (AvgIpc) is 3.69. The molecular weight excluding hydrogens is 684 g/mol. The molecule has 1 amide bonds. The molecule has 1 unspecified atom stereocenters. The Bertz CT molecular complexity index is 2500. The Balaban J connectivity index is 1.33. The Kier molecular flexibility index (Phi) is 8.81. The second kappa shape index (κ2) is 13.3.